The summed E-state index contributed by atoms with van der Waals surface area (Å²) >= 11 is 0. The summed E-state index contributed by atoms with van der Waals surface area (Å²) in [6, 6.07) is 15.1. The number of aryl methyl sites for hydroxylation is 2. The lowest BCUT2D eigenvalue weighted by Gasteiger charge is -2.35. The number of ether oxygens (including phenoxy) is 1. The second kappa shape index (κ2) is 8.14. The van der Waals surface area contributed by atoms with Gasteiger partial charge in [-0.25, -0.2) is 0 Å². The number of hydrogen-bond donors (Lipinski definition) is 2. The van der Waals surface area contributed by atoms with E-state index in [1.807, 2.05) is 6.20 Å². The number of anilines is 3. The van der Waals surface area contributed by atoms with Crippen LogP contribution in [0.15, 0.2) is 54.9 Å². The van der Waals surface area contributed by atoms with Crippen molar-refractivity contribution in [1.29, 1.82) is 0 Å². The monoisotopic (exact) mass is 438 g/mol. The minimum absolute atomic E-state index is 0.156. The molecule has 0 fully saturated rings. The number of nitrogens with zero attached hydrogens (tertiary/aromatic N) is 2. The Labute approximate surface area is 194 Å². The van der Waals surface area contributed by atoms with Gasteiger partial charge in [-0.2, -0.15) is 0 Å². The van der Waals surface area contributed by atoms with Crippen molar-refractivity contribution in [3.63, 3.8) is 0 Å². The van der Waals surface area contributed by atoms with E-state index in [9.17, 15) is 0 Å². The van der Waals surface area contributed by atoms with Crippen molar-refractivity contribution in [2.24, 2.45) is 0 Å². The van der Waals surface area contributed by atoms with Gasteiger partial charge in [0.05, 0.1) is 12.2 Å². The molecule has 4 aromatic rings. The second-order valence-corrected chi connectivity index (χ2v) is 9.38. The maximum absolute atomic E-state index is 6.26. The van der Waals surface area contributed by atoms with E-state index in [1.54, 1.807) is 0 Å². The Bertz CT molecular complexity index is 1320. The number of H-pyrrole nitrogens is 1. The van der Waals surface area contributed by atoms with Gasteiger partial charge in [0.2, 0.25) is 0 Å². The lowest BCUT2D eigenvalue weighted by molar-refractivity contribution is 0.213. The highest BCUT2D eigenvalue weighted by molar-refractivity contribution is 5.86. The van der Waals surface area contributed by atoms with Crippen molar-refractivity contribution in [2.45, 2.75) is 45.6 Å². The lowest BCUT2D eigenvalue weighted by atomic mass is 10.1. The Morgan fingerprint density at radius 3 is 3.06 bits per heavy atom. The van der Waals surface area contributed by atoms with Crippen LogP contribution in [0.3, 0.4) is 0 Å². The van der Waals surface area contributed by atoms with Gasteiger partial charge in [0.1, 0.15) is 11.9 Å². The number of fused-ring (bicyclic) bond motifs is 3. The van der Waals surface area contributed by atoms with Crippen LogP contribution in [0.25, 0.3) is 10.9 Å². The molecule has 2 aromatic heterocycles. The summed E-state index contributed by atoms with van der Waals surface area (Å²) in [6.07, 6.45) is 8.62. The molecular formula is C28H30N4O. The topological polar surface area (TPSA) is 53.2 Å². The van der Waals surface area contributed by atoms with Gasteiger partial charge in [-0.05, 0) is 74.4 Å². The van der Waals surface area contributed by atoms with Gasteiger partial charge in [0, 0.05) is 53.0 Å². The maximum atomic E-state index is 6.26. The largest absolute Gasteiger partial charge is 0.487 e. The highest BCUT2D eigenvalue weighted by Gasteiger charge is 2.24. The molecule has 6 rings (SSSR count). The van der Waals surface area contributed by atoms with E-state index >= 15 is 0 Å². The van der Waals surface area contributed by atoms with Crippen LogP contribution in [0, 0.1) is 6.92 Å². The Morgan fingerprint density at radius 1 is 1.18 bits per heavy atom. The fourth-order valence-corrected chi connectivity index (χ4v) is 5.38. The first-order valence-electron chi connectivity index (χ1n) is 12.0. The third-order valence-electron chi connectivity index (χ3n) is 7.03. The van der Waals surface area contributed by atoms with Gasteiger partial charge in [-0.3, -0.25) is 4.98 Å². The van der Waals surface area contributed by atoms with Gasteiger partial charge in [-0.15, -0.1) is 0 Å². The molecule has 1 aliphatic heterocycles. The minimum atomic E-state index is 0.156. The zero-order valence-electron chi connectivity index (χ0n) is 19.3. The van der Waals surface area contributed by atoms with Crippen LogP contribution in [0.5, 0.6) is 5.75 Å². The SMILES string of the molecule is Cc1cccc2c(CCN3C[C@@H](C)Oc4cc(Nc5ccnc6c5CCC6)ccc43)c[nH]c12. The van der Waals surface area contributed by atoms with E-state index in [-0.39, 0.29) is 6.10 Å². The summed E-state index contributed by atoms with van der Waals surface area (Å²) < 4.78 is 6.26. The fourth-order valence-electron chi connectivity index (χ4n) is 5.38. The summed E-state index contributed by atoms with van der Waals surface area (Å²) in [5, 5.41) is 4.96. The fraction of sp³-hybridized carbons (Fsp3) is 0.321. The first kappa shape index (κ1) is 20.2. The number of benzene rings is 2. The van der Waals surface area contributed by atoms with Crippen molar-refractivity contribution < 1.29 is 4.74 Å². The zero-order valence-corrected chi connectivity index (χ0v) is 19.3. The number of pyridine rings is 1. The number of para-hydroxylation sites is 1. The van der Waals surface area contributed by atoms with Gasteiger partial charge < -0.3 is 19.9 Å². The molecule has 0 unspecified atom stereocenters. The quantitative estimate of drug-likeness (QED) is 0.405. The minimum Gasteiger partial charge on any atom is -0.487 e. The molecule has 3 heterocycles. The molecule has 5 nitrogen and oxygen atoms in total. The molecule has 1 aliphatic carbocycles. The van der Waals surface area contributed by atoms with Crippen LogP contribution in [-0.4, -0.2) is 29.2 Å². The molecule has 2 N–H and O–H groups in total. The molecule has 1 atom stereocenters. The number of aromatic amines is 1. The molecule has 5 heteroatoms. The van der Waals surface area contributed by atoms with Crippen LogP contribution < -0.4 is 15.0 Å². The molecule has 0 saturated heterocycles. The Morgan fingerprint density at radius 2 is 2.12 bits per heavy atom. The smallest absolute Gasteiger partial charge is 0.145 e. The van der Waals surface area contributed by atoms with Crippen LogP contribution in [0.4, 0.5) is 17.1 Å². The van der Waals surface area contributed by atoms with Crippen LogP contribution in [-0.2, 0) is 19.3 Å². The van der Waals surface area contributed by atoms with Crippen LogP contribution in [0.1, 0.15) is 35.7 Å². The van der Waals surface area contributed by atoms with Crippen LogP contribution >= 0.6 is 0 Å². The van der Waals surface area contributed by atoms with Gasteiger partial charge >= 0.3 is 0 Å². The van der Waals surface area contributed by atoms with E-state index in [2.05, 4.69) is 82.7 Å². The van der Waals surface area contributed by atoms with E-state index in [4.69, 9.17) is 4.74 Å². The van der Waals surface area contributed by atoms with Gasteiger partial charge in [0.15, 0.2) is 0 Å². The molecule has 2 aromatic carbocycles. The number of aromatic nitrogens is 2. The summed E-state index contributed by atoms with van der Waals surface area (Å²) in [7, 11) is 0. The Balaban J connectivity index is 1.23. The molecule has 33 heavy (non-hydrogen) atoms. The van der Waals surface area contributed by atoms with Crippen molar-refractivity contribution in [1.82, 2.24) is 9.97 Å². The van der Waals surface area contributed by atoms with Crippen molar-refractivity contribution >= 4 is 28.0 Å². The summed E-state index contributed by atoms with van der Waals surface area (Å²) in [4.78, 5) is 10.5. The molecule has 0 spiro atoms. The van der Waals surface area contributed by atoms with E-state index in [0.29, 0.717) is 0 Å². The normalized spacial score (nSPS) is 17.0. The average molecular weight is 439 g/mol. The number of hydrogen-bond acceptors (Lipinski definition) is 4. The molecule has 0 amide bonds. The Kier molecular flexibility index (Phi) is 4.97. The highest BCUT2D eigenvalue weighted by Crippen LogP contribution is 2.38. The molecular weight excluding hydrogens is 408 g/mol. The summed E-state index contributed by atoms with van der Waals surface area (Å²) in [5.74, 6) is 0.958. The lowest BCUT2D eigenvalue weighted by Crippen LogP contribution is -2.39. The second-order valence-electron chi connectivity index (χ2n) is 9.38. The average Bonchev–Trinajstić information content (AvgIpc) is 3.45. The molecule has 0 saturated carbocycles. The van der Waals surface area contributed by atoms with E-state index in [0.717, 1.165) is 43.8 Å². The standard InChI is InChI=1S/C28H30N4O/c1-18-5-3-6-22-20(16-30-28(18)22)12-14-32-17-19(2)33-27-15-21(9-10-26(27)32)31-25-11-13-29-24-8-4-7-23(24)25/h3,5-6,9-11,13,15-16,19,30H,4,7-8,12,14,17H2,1-2H3,(H,29,31)/t19-/m1/s1. The zero-order chi connectivity index (χ0) is 22.4. The van der Waals surface area contributed by atoms with Crippen molar-refractivity contribution in [2.75, 3.05) is 23.3 Å². The Hall–Kier alpha value is -3.47. The number of nitrogens with one attached hydrogen (secondary N) is 2. The van der Waals surface area contributed by atoms with Crippen molar-refractivity contribution in [3.8, 4) is 5.75 Å². The first-order valence-corrected chi connectivity index (χ1v) is 12.0. The predicted octanol–water partition coefficient (Wildman–Crippen LogP) is 5.93. The predicted molar refractivity (Wildman–Crippen MR) is 135 cm³/mol. The van der Waals surface area contributed by atoms with Gasteiger partial charge in [-0.1, -0.05) is 18.2 Å². The molecule has 2 aliphatic rings. The molecule has 168 valence electrons. The summed E-state index contributed by atoms with van der Waals surface area (Å²) in [6.45, 7) is 6.18. The highest BCUT2D eigenvalue weighted by atomic mass is 16.5. The third-order valence-corrected chi connectivity index (χ3v) is 7.03. The third kappa shape index (κ3) is 3.71. The molecule has 0 radical (unpaired) electrons. The summed E-state index contributed by atoms with van der Waals surface area (Å²) in [5.41, 5.74) is 9.93. The van der Waals surface area contributed by atoms with Crippen LogP contribution in [0.2, 0.25) is 0 Å². The van der Waals surface area contributed by atoms with E-state index in [1.165, 1.54) is 51.1 Å². The van der Waals surface area contributed by atoms with Gasteiger partial charge in [0.25, 0.3) is 0 Å². The van der Waals surface area contributed by atoms with E-state index < -0.39 is 0 Å². The van der Waals surface area contributed by atoms with Crippen molar-refractivity contribution in [3.05, 3.63) is 77.2 Å². The first-order chi connectivity index (χ1) is 16.2. The number of rotatable bonds is 5. The maximum Gasteiger partial charge on any atom is 0.145 e. The molecule has 0 bridgehead atoms.